The molecule has 3 aromatic rings. The number of nitrogens with zero attached hydrogens (tertiary/aromatic N) is 5. The normalized spacial score (nSPS) is 18.0. The molecule has 2 fully saturated rings. The SMILES string of the molecule is CNC(=O)C1CCN(Cc2cc3nc(-c4ccc(N)nc4)nc(N4CCOCC4)c3s2)CC1. The summed E-state index contributed by atoms with van der Waals surface area (Å²) in [5.41, 5.74) is 7.58. The number of carbonyl (C=O) groups is 1. The number of nitrogen functional groups attached to an aromatic ring is 1. The quantitative estimate of drug-likeness (QED) is 0.587. The lowest BCUT2D eigenvalue weighted by Crippen LogP contribution is -2.39. The van der Waals surface area contributed by atoms with Crippen molar-refractivity contribution < 1.29 is 9.53 Å². The van der Waals surface area contributed by atoms with Gasteiger partial charge in [-0.2, -0.15) is 0 Å². The molecule has 0 bridgehead atoms. The Labute approximate surface area is 197 Å². The van der Waals surface area contributed by atoms with Crippen molar-refractivity contribution in [1.29, 1.82) is 0 Å². The monoisotopic (exact) mass is 467 g/mol. The number of fused-ring (bicyclic) bond motifs is 1. The first-order valence-electron chi connectivity index (χ1n) is 11.4. The molecule has 0 atom stereocenters. The molecule has 3 N–H and O–H groups in total. The van der Waals surface area contributed by atoms with Crippen LogP contribution in [0.3, 0.4) is 0 Å². The highest BCUT2D eigenvalue weighted by Crippen LogP contribution is 2.35. The number of pyridine rings is 1. The molecule has 2 aliphatic heterocycles. The van der Waals surface area contributed by atoms with Gasteiger partial charge in [0, 0.05) is 49.2 Å². The number of nitrogens with one attached hydrogen (secondary N) is 1. The Morgan fingerprint density at radius 2 is 2.00 bits per heavy atom. The van der Waals surface area contributed by atoms with E-state index in [4.69, 9.17) is 20.4 Å². The van der Waals surface area contributed by atoms with E-state index in [1.54, 1.807) is 30.6 Å². The number of anilines is 2. The smallest absolute Gasteiger partial charge is 0.222 e. The second-order valence-electron chi connectivity index (χ2n) is 8.53. The van der Waals surface area contributed by atoms with Gasteiger partial charge in [0.15, 0.2) is 11.6 Å². The minimum absolute atomic E-state index is 0.128. The number of ether oxygens (including phenoxy) is 1. The molecule has 0 radical (unpaired) electrons. The van der Waals surface area contributed by atoms with Crippen molar-refractivity contribution in [2.75, 3.05) is 57.1 Å². The molecule has 2 saturated heterocycles. The van der Waals surface area contributed by atoms with Crippen LogP contribution in [0.15, 0.2) is 24.4 Å². The van der Waals surface area contributed by atoms with Gasteiger partial charge >= 0.3 is 0 Å². The summed E-state index contributed by atoms with van der Waals surface area (Å²) in [6.45, 7) is 5.74. The summed E-state index contributed by atoms with van der Waals surface area (Å²) in [4.78, 5) is 32.0. The third kappa shape index (κ3) is 4.78. The number of rotatable bonds is 5. The maximum Gasteiger partial charge on any atom is 0.222 e. The lowest BCUT2D eigenvalue weighted by molar-refractivity contribution is -0.125. The number of amides is 1. The van der Waals surface area contributed by atoms with Gasteiger partial charge in [-0.1, -0.05) is 0 Å². The molecule has 0 saturated carbocycles. The standard InChI is InChI=1S/C23H29N7O2S/c1-25-23(31)15-4-6-29(7-5-15)14-17-12-18-20(33-17)22(30-8-10-32-11-9-30)28-21(27-18)16-2-3-19(24)26-13-16/h2-3,12-13,15H,4-11,14H2,1H3,(H2,24,26)(H,25,31). The fourth-order valence-corrected chi connectivity index (χ4v) is 5.63. The van der Waals surface area contributed by atoms with Crippen LogP contribution in [0.1, 0.15) is 17.7 Å². The fraction of sp³-hybridized carbons (Fsp3) is 0.478. The van der Waals surface area contributed by atoms with Gasteiger partial charge in [-0.3, -0.25) is 9.69 Å². The highest BCUT2D eigenvalue weighted by atomic mass is 32.1. The first-order chi connectivity index (χ1) is 16.1. The van der Waals surface area contributed by atoms with E-state index in [-0.39, 0.29) is 11.8 Å². The maximum absolute atomic E-state index is 11.9. The lowest BCUT2D eigenvalue weighted by atomic mass is 9.96. The zero-order chi connectivity index (χ0) is 22.8. The van der Waals surface area contributed by atoms with Crippen LogP contribution >= 0.6 is 11.3 Å². The van der Waals surface area contributed by atoms with E-state index in [0.717, 1.165) is 67.2 Å². The molecule has 0 aliphatic carbocycles. The van der Waals surface area contributed by atoms with Crippen LogP contribution < -0.4 is 16.0 Å². The topological polar surface area (TPSA) is 110 Å². The van der Waals surface area contributed by atoms with Crippen LogP contribution in [0.5, 0.6) is 0 Å². The van der Waals surface area contributed by atoms with Gasteiger partial charge in [0.1, 0.15) is 5.82 Å². The van der Waals surface area contributed by atoms with Gasteiger partial charge < -0.3 is 20.7 Å². The summed E-state index contributed by atoms with van der Waals surface area (Å²) in [7, 11) is 1.72. The molecule has 2 aliphatic rings. The Morgan fingerprint density at radius 3 is 2.70 bits per heavy atom. The predicted octanol–water partition coefficient (Wildman–Crippen LogP) is 2.13. The van der Waals surface area contributed by atoms with Gasteiger partial charge in [-0.25, -0.2) is 15.0 Å². The molecular formula is C23H29N7O2S. The number of hydrogen-bond donors (Lipinski definition) is 2. The van der Waals surface area contributed by atoms with Crippen LogP contribution in [-0.2, 0) is 16.1 Å². The minimum Gasteiger partial charge on any atom is -0.384 e. The van der Waals surface area contributed by atoms with E-state index in [9.17, 15) is 4.79 Å². The molecule has 33 heavy (non-hydrogen) atoms. The first-order valence-corrected chi connectivity index (χ1v) is 12.2. The van der Waals surface area contributed by atoms with Crippen molar-refractivity contribution >= 4 is 39.1 Å². The molecule has 5 rings (SSSR count). The summed E-state index contributed by atoms with van der Waals surface area (Å²) in [6.07, 6.45) is 3.53. The van der Waals surface area contributed by atoms with Crippen LogP contribution in [-0.4, -0.2) is 72.2 Å². The van der Waals surface area contributed by atoms with Gasteiger partial charge in [0.25, 0.3) is 0 Å². The van der Waals surface area contributed by atoms with Gasteiger partial charge in [0.2, 0.25) is 5.91 Å². The number of piperidine rings is 1. The number of carbonyl (C=O) groups excluding carboxylic acids is 1. The minimum atomic E-state index is 0.128. The number of morpholine rings is 1. The largest absolute Gasteiger partial charge is 0.384 e. The van der Waals surface area contributed by atoms with Crippen LogP contribution in [0.2, 0.25) is 0 Å². The highest BCUT2D eigenvalue weighted by molar-refractivity contribution is 7.19. The Morgan fingerprint density at radius 1 is 1.21 bits per heavy atom. The average Bonchev–Trinajstić information content (AvgIpc) is 3.26. The Balaban J connectivity index is 1.43. The molecule has 5 heterocycles. The van der Waals surface area contributed by atoms with Crippen LogP contribution in [0.25, 0.3) is 21.6 Å². The molecular weight excluding hydrogens is 438 g/mol. The first kappa shape index (κ1) is 22.0. The summed E-state index contributed by atoms with van der Waals surface area (Å²) in [5.74, 6) is 2.39. The van der Waals surface area contributed by atoms with E-state index in [1.165, 1.54) is 4.88 Å². The molecule has 0 unspecified atom stereocenters. The van der Waals surface area contributed by atoms with E-state index in [0.29, 0.717) is 24.9 Å². The number of hydrogen-bond acceptors (Lipinski definition) is 9. The van der Waals surface area contributed by atoms with Gasteiger partial charge in [-0.15, -0.1) is 11.3 Å². The number of thiophene rings is 1. The van der Waals surface area contributed by atoms with E-state index >= 15 is 0 Å². The highest BCUT2D eigenvalue weighted by Gasteiger charge is 2.25. The van der Waals surface area contributed by atoms with Crippen LogP contribution in [0, 0.1) is 5.92 Å². The maximum atomic E-state index is 11.9. The Kier molecular flexibility index (Phi) is 6.39. The Bertz CT molecular complexity index is 1120. The van der Waals surface area contributed by atoms with E-state index in [2.05, 4.69) is 26.2 Å². The average molecular weight is 468 g/mol. The molecule has 0 aromatic carbocycles. The number of likely N-dealkylation sites (tertiary alicyclic amines) is 1. The summed E-state index contributed by atoms with van der Waals surface area (Å²) >= 11 is 1.77. The second kappa shape index (κ2) is 9.58. The van der Waals surface area contributed by atoms with Crippen LogP contribution in [0.4, 0.5) is 11.6 Å². The molecule has 10 heteroatoms. The van der Waals surface area contributed by atoms with Gasteiger partial charge in [-0.05, 0) is 44.1 Å². The molecule has 174 valence electrons. The summed E-state index contributed by atoms with van der Waals surface area (Å²) < 4.78 is 6.67. The molecule has 3 aromatic heterocycles. The predicted molar refractivity (Wildman–Crippen MR) is 130 cm³/mol. The summed E-state index contributed by atoms with van der Waals surface area (Å²) in [6, 6.07) is 5.87. The van der Waals surface area contributed by atoms with E-state index in [1.807, 2.05) is 6.07 Å². The lowest BCUT2D eigenvalue weighted by Gasteiger charge is -2.30. The van der Waals surface area contributed by atoms with Crippen molar-refractivity contribution in [3.8, 4) is 11.4 Å². The number of nitrogens with two attached hydrogens (primary N) is 1. The second-order valence-corrected chi connectivity index (χ2v) is 9.67. The fourth-order valence-electron chi connectivity index (χ4n) is 4.48. The molecule has 0 spiro atoms. The molecule has 1 amide bonds. The van der Waals surface area contributed by atoms with Crippen molar-refractivity contribution in [2.45, 2.75) is 19.4 Å². The van der Waals surface area contributed by atoms with Crippen molar-refractivity contribution in [1.82, 2.24) is 25.2 Å². The van der Waals surface area contributed by atoms with Gasteiger partial charge in [0.05, 0.1) is 23.4 Å². The molecule has 9 nitrogen and oxygen atoms in total. The third-order valence-electron chi connectivity index (χ3n) is 6.34. The zero-order valence-corrected chi connectivity index (χ0v) is 19.6. The zero-order valence-electron chi connectivity index (χ0n) is 18.8. The van der Waals surface area contributed by atoms with Crippen molar-refractivity contribution in [3.63, 3.8) is 0 Å². The third-order valence-corrected chi connectivity index (χ3v) is 7.45. The van der Waals surface area contributed by atoms with Crippen molar-refractivity contribution in [3.05, 3.63) is 29.3 Å². The van der Waals surface area contributed by atoms with Crippen molar-refractivity contribution in [2.24, 2.45) is 5.92 Å². The summed E-state index contributed by atoms with van der Waals surface area (Å²) in [5, 5.41) is 2.78. The van der Waals surface area contributed by atoms with E-state index < -0.39 is 0 Å². The Hall–Kier alpha value is -2.82. The number of aromatic nitrogens is 3.